The van der Waals surface area contributed by atoms with Gasteiger partial charge in [-0.05, 0) is 25.5 Å². The average Bonchev–Trinajstić information content (AvgIpc) is 3.08. The molecule has 1 aromatic carbocycles. The molecule has 0 spiro atoms. The van der Waals surface area contributed by atoms with Crippen LogP contribution in [0.3, 0.4) is 0 Å². The van der Waals surface area contributed by atoms with Crippen LogP contribution in [0.4, 0.5) is 5.82 Å². The maximum absolute atomic E-state index is 12.1. The molecular formula is C18H23ClN4O2. The van der Waals surface area contributed by atoms with E-state index in [9.17, 15) is 4.79 Å². The first-order chi connectivity index (χ1) is 12.2. The number of nitrogens with one attached hydrogen (secondary N) is 2. The lowest BCUT2D eigenvalue weighted by atomic mass is 10.1. The summed E-state index contributed by atoms with van der Waals surface area (Å²) < 4.78 is 5.33. The lowest BCUT2D eigenvalue weighted by molar-refractivity contribution is -0.116. The van der Waals surface area contributed by atoms with E-state index < -0.39 is 0 Å². The van der Waals surface area contributed by atoms with E-state index in [2.05, 4.69) is 20.4 Å². The van der Waals surface area contributed by atoms with Gasteiger partial charge in [0.05, 0.1) is 23.9 Å². The first kappa shape index (κ1) is 17.9. The van der Waals surface area contributed by atoms with Crippen LogP contribution in [0.5, 0.6) is 0 Å². The first-order valence-electron chi connectivity index (χ1n) is 8.62. The van der Waals surface area contributed by atoms with Gasteiger partial charge in [0.15, 0.2) is 0 Å². The molecule has 0 atom stereocenters. The third-order valence-corrected chi connectivity index (χ3v) is 4.56. The third kappa shape index (κ3) is 5.29. The van der Waals surface area contributed by atoms with Crippen molar-refractivity contribution in [3.05, 3.63) is 35.4 Å². The second-order valence-corrected chi connectivity index (χ2v) is 6.51. The summed E-state index contributed by atoms with van der Waals surface area (Å²) in [5.74, 6) is 0.587. The van der Waals surface area contributed by atoms with Crippen molar-refractivity contribution in [1.29, 1.82) is 0 Å². The number of rotatable bonds is 7. The Balaban J connectivity index is 1.42. The van der Waals surface area contributed by atoms with Crippen LogP contribution in [0, 0.1) is 0 Å². The quantitative estimate of drug-likeness (QED) is 0.742. The molecule has 0 bridgehead atoms. The minimum atomic E-state index is -0.00339. The molecule has 1 amide bonds. The number of carbonyl (C=O) groups excluding carboxylic acids is 1. The smallest absolute Gasteiger partial charge is 0.225 e. The fourth-order valence-electron chi connectivity index (χ4n) is 2.85. The first-order valence-corrected chi connectivity index (χ1v) is 9.00. The summed E-state index contributed by atoms with van der Waals surface area (Å²) in [6, 6.07) is 9.29. The largest absolute Gasteiger partial charge is 0.379 e. The summed E-state index contributed by atoms with van der Waals surface area (Å²) in [5, 5.41) is 10.5. The minimum absolute atomic E-state index is 0.00339. The Hall–Kier alpha value is -1.89. The molecule has 0 aliphatic carbocycles. The van der Waals surface area contributed by atoms with Gasteiger partial charge in [-0.3, -0.25) is 14.8 Å². The van der Waals surface area contributed by atoms with E-state index in [0.717, 1.165) is 51.3 Å². The number of benzene rings is 1. The fraction of sp³-hybridized carbons (Fsp3) is 0.444. The number of amides is 1. The maximum atomic E-state index is 12.1. The van der Waals surface area contributed by atoms with E-state index in [1.807, 2.05) is 24.3 Å². The predicted octanol–water partition coefficient (Wildman–Crippen LogP) is 3.17. The highest BCUT2D eigenvalue weighted by Gasteiger charge is 2.11. The second kappa shape index (κ2) is 8.99. The molecule has 2 heterocycles. The number of hydrogen-bond donors (Lipinski definition) is 2. The molecule has 1 aromatic heterocycles. The molecule has 0 unspecified atom stereocenters. The van der Waals surface area contributed by atoms with Gasteiger partial charge in [-0.15, -0.1) is 0 Å². The van der Waals surface area contributed by atoms with Gasteiger partial charge < -0.3 is 10.1 Å². The van der Waals surface area contributed by atoms with E-state index in [1.165, 1.54) is 0 Å². The molecule has 0 saturated carbocycles. The number of ether oxygens (including phenoxy) is 1. The van der Waals surface area contributed by atoms with Crippen molar-refractivity contribution in [2.45, 2.75) is 19.3 Å². The maximum Gasteiger partial charge on any atom is 0.225 e. The van der Waals surface area contributed by atoms with E-state index in [0.29, 0.717) is 23.0 Å². The van der Waals surface area contributed by atoms with E-state index in [-0.39, 0.29) is 5.91 Å². The highest BCUT2D eigenvalue weighted by atomic mass is 35.5. The van der Waals surface area contributed by atoms with Gasteiger partial charge in [-0.1, -0.05) is 29.8 Å². The molecule has 1 aliphatic heterocycles. The van der Waals surface area contributed by atoms with Crippen molar-refractivity contribution >= 4 is 23.3 Å². The molecule has 2 N–H and O–H groups in total. The van der Waals surface area contributed by atoms with Gasteiger partial charge in [0.1, 0.15) is 5.82 Å². The van der Waals surface area contributed by atoms with Crippen LogP contribution in [0.15, 0.2) is 30.3 Å². The van der Waals surface area contributed by atoms with Crippen molar-refractivity contribution in [2.75, 3.05) is 38.2 Å². The molecule has 25 heavy (non-hydrogen) atoms. The Morgan fingerprint density at radius 2 is 2.08 bits per heavy atom. The van der Waals surface area contributed by atoms with Crippen molar-refractivity contribution in [3.63, 3.8) is 0 Å². The summed E-state index contributed by atoms with van der Waals surface area (Å²) >= 11 is 6.17. The molecule has 2 aromatic rings. The molecule has 0 radical (unpaired) electrons. The second-order valence-electron chi connectivity index (χ2n) is 6.11. The highest BCUT2D eigenvalue weighted by molar-refractivity contribution is 6.33. The van der Waals surface area contributed by atoms with E-state index in [4.69, 9.17) is 16.3 Å². The van der Waals surface area contributed by atoms with Crippen LogP contribution in [0.2, 0.25) is 5.02 Å². The van der Waals surface area contributed by atoms with Gasteiger partial charge in [-0.2, -0.15) is 5.10 Å². The van der Waals surface area contributed by atoms with Gasteiger partial charge in [0.25, 0.3) is 0 Å². The number of aromatic nitrogens is 2. The van der Waals surface area contributed by atoms with Crippen LogP contribution in [0.25, 0.3) is 11.3 Å². The van der Waals surface area contributed by atoms with Crippen LogP contribution in [-0.2, 0) is 9.53 Å². The highest BCUT2D eigenvalue weighted by Crippen LogP contribution is 2.27. The summed E-state index contributed by atoms with van der Waals surface area (Å²) in [6.45, 7) is 4.63. The van der Waals surface area contributed by atoms with Crippen LogP contribution in [-0.4, -0.2) is 53.9 Å². The van der Waals surface area contributed by atoms with Crippen LogP contribution < -0.4 is 5.32 Å². The molecule has 1 saturated heterocycles. The Morgan fingerprint density at radius 1 is 1.28 bits per heavy atom. The number of morpholine rings is 1. The topological polar surface area (TPSA) is 70.2 Å². The third-order valence-electron chi connectivity index (χ3n) is 4.23. The molecule has 1 aliphatic rings. The van der Waals surface area contributed by atoms with Gasteiger partial charge in [0.2, 0.25) is 5.91 Å². The lowest BCUT2D eigenvalue weighted by Gasteiger charge is -2.26. The number of halogens is 1. The summed E-state index contributed by atoms with van der Waals surface area (Å²) in [4.78, 5) is 14.4. The summed E-state index contributed by atoms with van der Waals surface area (Å²) in [6.07, 6.45) is 2.39. The summed E-state index contributed by atoms with van der Waals surface area (Å²) in [7, 11) is 0. The number of unbranched alkanes of at least 4 members (excludes halogenated alkanes) is 1. The van der Waals surface area contributed by atoms with Crippen molar-refractivity contribution in [3.8, 4) is 11.3 Å². The summed E-state index contributed by atoms with van der Waals surface area (Å²) in [5.41, 5.74) is 1.56. The van der Waals surface area contributed by atoms with Crippen LogP contribution >= 0.6 is 11.6 Å². The number of nitrogens with zero attached hydrogens (tertiary/aromatic N) is 2. The number of carbonyl (C=O) groups is 1. The van der Waals surface area contributed by atoms with Crippen molar-refractivity contribution in [1.82, 2.24) is 15.1 Å². The predicted molar refractivity (Wildman–Crippen MR) is 98.8 cm³/mol. The number of aromatic amines is 1. The van der Waals surface area contributed by atoms with Crippen LogP contribution in [0.1, 0.15) is 19.3 Å². The molecule has 134 valence electrons. The molecule has 7 heteroatoms. The lowest BCUT2D eigenvalue weighted by Crippen LogP contribution is -2.36. The molecule has 6 nitrogen and oxygen atoms in total. The number of H-pyrrole nitrogens is 1. The van der Waals surface area contributed by atoms with Gasteiger partial charge >= 0.3 is 0 Å². The normalized spacial score (nSPS) is 15.2. The Kier molecular flexibility index (Phi) is 6.44. The van der Waals surface area contributed by atoms with E-state index >= 15 is 0 Å². The Labute approximate surface area is 152 Å². The van der Waals surface area contributed by atoms with Gasteiger partial charge in [0, 0.05) is 31.1 Å². The zero-order chi connectivity index (χ0) is 17.5. The molecule has 3 rings (SSSR count). The van der Waals surface area contributed by atoms with E-state index in [1.54, 1.807) is 6.07 Å². The van der Waals surface area contributed by atoms with Crippen molar-refractivity contribution in [2.24, 2.45) is 0 Å². The SMILES string of the molecule is O=C(CCCCN1CCOCC1)Nc1cc(-c2ccccc2Cl)n[nH]1. The molecular weight excluding hydrogens is 340 g/mol. The number of anilines is 1. The monoisotopic (exact) mass is 362 g/mol. The van der Waals surface area contributed by atoms with Gasteiger partial charge in [-0.25, -0.2) is 0 Å². The zero-order valence-electron chi connectivity index (χ0n) is 14.1. The van der Waals surface area contributed by atoms with Crippen molar-refractivity contribution < 1.29 is 9.53 Å². The Morgan fingerprint density at radius 3 is 2.88 bits per heavy atom. The molecule has 1 fully saturated rings. The fourth-order valence-corrected chi connectivity index (χ4v) is 3.08. The minimum Gasteiger partial charge on any atom is -0.379 e. The Bertz CT molecular complexity index is 698. The average molecular weight is 363 g/mol. The zero-order valence-corrected chi connectivity index (χ0v) is 14.9. The number of hydrogen-bond acceptors (Lipinski definition) is 4. The standard InChI is InChI=1S/C18H23ClN4O2/c19-15-6-2-1-5-14(15)16-13-17(22-21-16)20-18(24)7-3-4-8-23-9-11-25-12-10-23/h1-2,5-6,13H,3-4,7-12H2,(H2,20,21,22,24).